The van der Waals surface area contributed by atoms with Crippen molar-refractivity contribution in [3.8, 4) is 5.75 Å². The minimum atomic E-state index is -3.37. The number of hydrogen-bond donors (Lipinski definition) is 1. The first-order valence-corrected chi connectivity index (χ1v) is 8.73. The van der Waals surface area contributed by atoms with E-state index < -0.39 is 15.1 Å². The predicted molar refractivity (Wildman–Crippen MR) is 82.1 cm³/mol. The fraction of sp³-hybridized carbons (Fsp3) is 0.375. The Balaban J connectivity index is 1.93. The second kappa shape index (κ2) is 5.66. The molecule has 1 unspecified atom stereocenters. The van der Waals surface area contributed by atoms with Gasteiger partial charge in [0, 0.05) is 6.54 Å². The van der Waals surface area contributed by atoms with Crippen LogP contribution in [0.15, 0.2) is 47.4 Å². The molecule has 0 radical (unpaired) electrons. The Morgan fingerprint density at radius 1 is 1.29 bits per heavy atom. The van der Waals surface area contributed by atoms with Gasteiger partial charge in [0.2, 0.25) is 0 Å². The van der Waals surface area contributed by atoms with E-state index in [4.69, 9.17) is 10.5 Å². The molecule has 0 spiro atoms. The van der Waals surface area contributed by atoms with Crippen LogP contribution in [0.3, 0.4) is 0 Å². The highest BCUT2D eigenvalue weighted by molar-refractivity contribution is 7.92. The summed E-state index contributed by atoms with van der Waals surface area (Å²) in [5, 5.41) is -0.491. The molecule has 3 rings (SSSR count). The van der Waals surface area contributed by atoms with Gasteiger partial charge in [0.15, 0.2) is 9.84 Å². The van der Waals surface area contributed by atoms with E-state index in [1.165, 1.54) is 0 Å². The molecule has 0 saturated heterocycles. The first kappa shape index (κ1) is 14.4. The van der Waals surface area contributed by atoms with Gasteiger partial charge >= 0.3 is 0 Å². The molecule has 1 heterocycles. The molecule has 4 nitrogen and oxygen atoms in total. The van der Waals surface area contributed by atoms with Crippen molar-refractivity contribution in [2.24, 2.45) is 5.73 Å². The Labute approximate surface area is 125 Å². The lowest BCUT2D eigenvalue weighted by molar-refractivity contribution is 0.181. The van der Waals surface area contributed by atoms with Gasteiger partial charge < -0.3 is 10.5 Å². The maximum Gasteiger partial charge on any atom is 0.185 e. The zero-order chi connectivity index (χ0) is 14.9. The van der Waals surface area contributed by atoms with E-state index in [1.54, 1.807) is 24.3 Å². The molecule has 1 aliphatic carbocycles. The van der Waals surface area contributed by atoms with Crippen LogP contribution < -0.4 is 10.5 Å². The van der Waals surface area contributed by atoms with Crippen molar-refractivity contribution in [3.05, 3.63) is 48.1 Å². The topological polar surface area (TPSA) is 69.4 Å². The summed E-state index contributed by atoms with van der Waals surface area (Å²) in [4.78, 5) is 0.323. The smallest absolute Gasteiger partial charge is 0.185 e. The van der Waals surface area contributed by atoms with E-state index in [-0.39, 0.29) is 6.10 Å². The minimum absolute atomic E-state index is 0.0204. The van der Waals surface area contributed by atoms with E-state index in [9.17, 15) is 8.42 Å². The molecule has 1 aromatic carbocycles. The normalized spacial score (nSPS) is 24.4. The highest BCUT2D eigenvalue weighted by Crippen LogP contribution is 2.32. The average Bonchev–Trinajstić information content (AvgIpc) is 2.54. The number of benzene rings is 1. The third-order valence-corrected chi connectivity index (χ3v) is 6.06. The molecule has 21 heavy (non-hydrogen) atoms. The van der Waals surface area contributed by atoms with E-state index in [1.807, 2.05) is 18.2 Å². The number of ether oxygens (including phenoxy) is 1. The molecule has 0 aromatic heterocycles. The van der Waals surface area contributed by atoms with E-state index >= 15 is 0 Å². The van der Waals surface area contributed by atoms with Crippen LogP contribution in [0.1, 0.15) is 18.4 Å². The zero-order valence-corrected chi connectivity index (χ0v) is 12.6. The van der Waals surface area contributed by atoms with Crippen LogP contribution in [0.4, 0.5) is 0 Å². The fourth-order valence-electron chi connectivity index (χ4n) is 2.71. The Hall–Kier alpha value is -1.59. The minimum Gasteiger partial charge on any atom is -0.489 e. The Bertz CT molecular complexity index is 691. The third-order valence-electron chi connectivity index (χ3n) is 4.00. The molecule has 0 bridgehead atoms. The van der Waals surface area contributed by atoms with Gasteiger partial charge in [-0.05, 0) is 37.0 Å². The number of rotatable bonds is 3. The molecule has 2 aliphatic rings. The van der Waals surface area contributed by atoms with Gasteiger partial charge in [-0.2, -0.15) is 0 Å². The highest BCUT2D eigenvalue weighted by Gasteiger charge is 2.27. The zero-order valence-electron chi connectivity index (χ0n) is 11.7. The Kier molecular flexibility index (Phi) is 3.87. The number of allylic oxidation sites excluding steroid dienone is 3. The van der Waals surface area contributed by atoms with Gasteiger partial charge in [-0.1, -0.05) is 30.4 Å². The van der Waals surface area contributed by atoms with E-state index in [0.717, 1.165) is 18.4 Å². The molecule has 1 aromatic rings. The monoisotopic (exact) mass is 305 g/mol. The first-order chi connectivity index (χ1) is 10.1. The quantitative estimate of drug-likeness (QED) is 0.927. The molecule has 0 amide bonds. The van der Waals surface area contributed by atoms with Crippen molar-refractivity contribution in [1.82, 2.24) is 0 Å². The average molecular weight is 305 g/mol. The number of nitrogens with two attached hydrogens (primary N) is 1. The summed E-state index contributed by atoms with van der Waals surface area (Å²) < 4.78 is 31.1. The summed E-state index contributed by atoms with van der Waals surface area (Å²) in [6.07, 6.45) is 9.52. The summed E-state index contributed by atoms with van der Waals surface area (Å²) >= 11 is 0. The molecule has 0 saturated carbocycles. The number of hydrogen-bond acceptors (Lipinski definition) is 4. The largest absolute Gasteiger partial charge is 0.489 e. The van der Waals surface area contributed by atoms with E-state index in [0.29, 0.717) is 23.6 Å². The van der Waals surface area contributed by atoms with Crippen molar-refractivity contribution in [2.45, 2.75) is 35.5 Å². The molecule has 112 valence electrons. The number of sulfone groups is 1. The lowest BCUT2D eigenvalue weighted by Gasteiger charge is -2.25. The molecule has 2 atom stereocenters. The molecular weight excluding hydrogens is 286 g/mol. The molecule has 5 heteroatoms. The second-order valence-electron chi connectivity index (χ2n) is 5.42. The van der Waals surface area contributed by atoms with Crippen LogP contribution >= 0.6 is 0 Å². The summed E-state index contributed by atoms with van der Waals surface area (Å²) in [6, 6.07) is 5.20. The van der Waals surface area contributed by atoms with Gasteiger partial charge in [-0.3, -0.25) is 0 Å². The summed E-state index contributed by atoms with van der Waals surface area (Å²) in [5.74, 6) is 0.660. The third kappa shape index (κ3) is 2.76. The van der Waals surface area contributed by atoms with Crippen LogP contribution in [0.5, 0.6) is 5.75 Å². The first-order valence-electron chi connectivity index (χ1n) is 7.18. The Morgan fingerprint density at radius 2 is 2.14 bits per heavy atom. The van der Waals surface area contributed by atoms with Crippen LogP contribution in [0.25, 0.3) is 0 Å². The number of aryl methyl sites for hydroxylation is 1. The highest BCUT2D eigenvalue weighted by atomic mass is 32.2. The predicted octanol–water partition coefficient (Wildman–Crippen LogP) is 2.00. The van der Waals surface area contributed by atoms with Crippen molar-refractivity contribution in [3.63, 3.8) is 0 Å². The number of fused-ring (bicyclic) bond motifs is 1. The molecule has 0 fully saturated rings. The molecule has 1 aliphatic heterocycles. The SMILES string of the molecule is NC[C@H]1CCc2ccc(S(=O)(=O)C3C=CC=CC3)cc2O1. The van der Waals surface area contributed by atoms with Gasteiger partial charge in [0.1, 0.15) is 11.9 Å². The second-order valence-corrected chi connectivity index (χ2v) is 7.58. The standard InChI is InChI=1S/C16H19NO3S/c17-11-13-8-6-12-7-9-15(10-16(12)20-13)21(18,19)14-4-2-1-3-5-14/h1-4,7,9-10,13-14H,5-6,8,11,17H2/t13-,14?/m1/s1. The molecule has 2 N–H and O–H groups in total. The van der Waals surface area contributed by atoms with Crippen molar-refractivity contribution >= 4 is 9.84 Å². The molecular formula is C16H19NO3S. The summed E-state index contributed by atoms with van der Waals surface area (Å²) in [6.45, 7) is 0.451. The van der Waals surface area contributed by atoms with Crippen LogP contribution in [-0.2, 0) is 16.3 Å². The van der Waals surface area contributed by atoms with Crippen molar-refractivity contribution < 1.29 is 13.2 Å². The maximum atomic E-state index is 12.7. The van der Waals surface area contributed by atoms with Crippen LogP contribution in [0.2, 0.25) is 0 Å². The summed E-state index contributed by atoms with van der Waals surface area (Å²) in [7, 11) is -3.37. The van der Waals surface area contributed by atoms with Crippen molar-refractivity contribution in [2.75, 3.05) is 6.54 Å². The van der Waals surface area contributed by atoms with Gasteiger partial charge in [-0.25, -0.2) is 8.42 Å². The summed E-state index contributed by atoms with van der Waals surface area (Å²) in [5.41, 5.74) is 6.69. The van der Waals surface area contributed by atoms with Gasteiger partial charge in [0.25, 0.3) is 0 Å². The van der Waals surface area contributed by atoms with Gasteiger partial charge in [0.05, 0.1) is 10.1 Å². The van der Waals surface area contributed by atoms with Crippen LogP contribution in [-0.4, -0.2) is 26.3 Å². The Morgan fingerprint density at radius 3 is 2.86 bits per heavy atom. The van der Waals surface area contributed by atoms with E-state index in [2.05, 4.69) is 0 Å². The van der Waals surface area contributed by atoms with Crippen molar-refractivity contribution in [1.29, 1.82) is 0 Å². The van der Waals surface area contributed by atoms with Gasteiger partial charge in [-0.15, -0.1) is 0 Å². The maximum absolute atomic E-state index is 12.7. The lowest BCUT2D eigenvalue weighted by atomic mass is 10.0. The lowest BCUT2D eigenvalue weighted by Crippen LogP contribution is -2.30. The van der Waals surface area contributed by atoms with Crippen LogP contribution in [0, 0.1) is 0 Å². The fourth-order valence-corrected chi connectivity index (χ4v) is 4.25.